The second-order valence-electron chi connectivity index (χ2n) is 10.8. The molecule has 0 aliphatic carbocycles. The van der Waals surface area contributed by atoms with Crippen LogP contribution in [0.15, 0.2) is 121 Å². The highest BCUT2D eigenvalue weighted by Gasteiger charge is 2.16. The van der Waals surface area contributed by atoms with Gasteiger partial charge in [-0.05, 0) is 79.0 Å². The molecule has 1 heterocycles. The number of hydrogen-bond acceptors (Lipinski definition) is 3. The molecule has 220 valence electrons. The monoisotopic (exact) mass is 573 g/mol. The number of nitrogens with one attached hydrogen (secondary N) is 2. The SMILES string of the molecule is O=C(NCCc1ccccc1)OC(CCc1ccccc1)CCc1ccc2c(ccn2C(=O)NCCc2ccccc2)c1. The molecule has 43 heavy (non-hydrogen) atoms. The molecule has 6 nitrogen and oxygen atoms in total. The molecular formula is C37H39N3O3. The summed E-state index contributed by atoms with van der Waals surface area (Å²) in [5.74, 6) is 0. The standard InChI is InChI=1S/C37H39N3O3/c41-36(38-25-22-30-12-6-2-7-13-30)40-27-24-33-28-32(18-21-35(33)40)17-20-34(19-16-29-10-4-1-5-11-29)43-37(42)39-26-23-31-14-8-3-9-15-31/h1-15,18,21,24,27-28,34H,16-17,19-20,22-23,25-26H2,(H,38,41)(H,39,42). The number of aryl methyl sites for hydroxylation is 2. The number of hydrogen-bond donors (Lipinski definition) is 2. The fourth-order valence-electron chi connectivity index (χ4n) is 5.28. The summed E-state index contributed by atoms with van der Waals surface area (Å²) in [6, 6.07) is 38.5. The van der Waals surface area contributed by atoms with Crippen molar-refractivity contribution in [3.63, 3.8) is 0 Å². The second kappa shape index (κ2) is 15.4. The van der Waals surface area contributed by atoms with Crippen molar-refractivity contribution in [2.24, 2.45) is 0 Å². The predicted octanol–water partition coefficient (Wildman–Crippen LogP) is 7.34. The van der Waals surface area contributed by atoms with Crippen molar-refractivity contribution in [2.75, 3.05) is 13.1 Å². The fourth-order valence-corrected chi connectivity index (χ4v) is 5.28. The highest BCUT2D eigenvalue weighted by atomic mass is 16.6. The summed E-state index contributed by atoms with van der Waals surface area (Å²) in [5.41, 5.74) is 5.62. The van der Waals surface area contributed by atoms with Gasteiger partial charge >= 0.3 is 12.1 Å². The number of amides is 2. The minimum atomic E-state index is -0.375. The maximum absolute atomic E-state index is 12.9. The van der Waals surface area contributed by atoms with Crippen molar-refractivity contribution in [2.45, 2.75) is 44.6 Å². The number of fused-ring (bicyclic) bond motifs is 1. The molecule has 0 fully saturated rings. The lowest BCUT2D eigenvalue weighted by Gasteiger charge is -2.19. The number of nitrogens with zero attached hydrogens (tertiary/aromatic N) is 1. The minimum absolute atomic E-state index is 0.133. The molecule has 2 amide bonds. The molecular weight excluding hydrogens is 534 g/mol. The van der Waals surface area contributed by atoms with Gasteiger partial charge in [0.25, 0.3) is 0 Å². The Morgan fingerprint density at radius 3 is 1.74 bits per heavy atom. The van der Waals surface area contributed by atoms with E-state index in [1.54, 1.807) is 4.57 Å². The third-order valence-corrected chi connectivity index (χ3v) is 7.66. The van der Waals surface area contributed by atoms with Crippen LogP contribution in [0.3, 0.4) is 0 Å². The molecule has 1 atom stereocenters. The molecule has 0 spiro atoms. The summed E-state index contributed by atoms with van der Waals surface area (Å²) in [6.07, 6.45) is 5.84. The first-order valence-corrected chi connectivity index (χ1v) is 15.1. The van der Waals surface area contributed by atoms with Gasteiger partial charge in [0.15, 0.2) is 0 Å². The van der Waals surface area contributed by atoms with E-state index in [9.17, 15) is 9.59 Å². The van der Waals surface area contributed by atoms with E-state index in [-0.39, 0.29) is 18.2 Å². The molecule has 2 N–H and O–H groups in total. The summed E-state index contributed by atoms with van der Waals surface area (Å²) in [5, 5.41) is 6.95. The van der Waals surface area contributed by atoms with Crippen LogP contribution in [-0.2, 0) is 30.4 Å². The molecule has 1 unspecified atom stereocenters. The molecule has 0 bridgehead atoms. The van der Waals surface area contributed by atoms with Crippen molar-refractivity contribution < 1.29 is 14.3 Å². The van der Waals surface area contributed by atoms with Crippen molar-refractivity contribution in [1.82, 2.24) is 15.2 Å². The number of benzene rings is 4. The molecule has 6 heteroatoms. The number of carbonyl (C=O) groups excluding carboxylic acids is 2. The zero-order valence-corrected chi connectivity index (χ0v) is 24.5. The maximum Gasteiger partial charge on any atom is 0.407 e. The van der Waals surface area contributed by atoms with E-state index in [4.69, 9.17) is 4.74 Å². The number of ether oxygens (including phenoxy) is 1. The molecule has 0 radical (unpaired) electrons. The van der Waals surface area contributed by atoms with Gasteiger partial charge < -0.3 is 15.4 Å². The summed E-state index contributed by atoms with van der Waals surface area (Å²) in [6.45, 7) is 1.10. The first-order valence-electron chi connectivity index (χ1n) is 15.1. The maximum atomic E-state index is 12.9. The van der Waals surface area contributed by atoms with E-state index in [1.807, 2.05) is 72.9 Å². The van der Waals surface area contributed by atoms with Gasteiger partial charge in [0, 0.05) is 24.7 Å². The van der Waals surface area contributed by atoms with Crippen LogP contribution in [0.4, 0.5) is 9.59 Å². The summed E-state index contributed by atoms with van der Waals surface area (Å²) in [7, 11) is 0. The van der Waals surface area contributed by atoms with Crippen LogP contribution in [0.25, 0.3) is 10.9 Å². The summed E-state index contributed by atoms with van der Waals surface area (Å²) < 4.78 is 7.58. The Balaban J connectivity index is 1.16. The molecule has 5 aromatic rings. The minimum Gasteiger partial charge on any atom is -0.446 e. The lowest BCUT2D eigenvalue weighted by molar-refractivity contribution is 0.0879. The van der Waals surface area contributed by atoms with Gasteiger partial charge in [0.2, 0.25) is 0 Å². The number of alkyl carbamates (subject to hydrolysis) is 1. The van der Waals surface area contributed by atoms with Gasteiger partial charge in [-0.25, -0.2) is 9.59 Å². The molecule has 0 saturated carbocycles. The van der Waals surface area contributed by atoms with Crippen LogP contribution in [0, 0.1) is 0 Å². The van der Waals surface area contributed by atoms with Gasteiger partial charge in [-0.2, -0.15) is 0 Å². The summed E-state index contributed by atoms with van der Waals surface area (Å²) >= 11 is 0. The third-order valence-electron chi connectivity index (χ3n) is 7.66. The smallest absolute Gasteiger partial charge is 0.407 e. The zero-order chi connectivity index (χ0) is 29.7. The van der Waals surface area contributed by atoms with Crippen LogP contribution in [0.5, 0.6) is 0 Å². The lowest BCUT2D eigenvalue weighted by Crippen LogP contribution is -2.31. The number of rotatable bonds is 13. The third kappa shape index (κ3) is 9.07. The van der Waals surface area contributed by atoms with Crippen LogP contribution < -0.4 is 10.6 Å². The van der Waals surface area contributed by atoms with Crippen molar-refractivity contribution in [1.29, 1.82) is 0 Å². The van der Waals surface area contributed by atoms with Gasteiger partial charge in [0.05, 0.1) is 5.52 Å². The van der Waals surface area contributed by atoms with Crippen LogP contribution in [0.2, 0.25) is 0 Å². The van der Waals surface area contributed by atoms with E-state index in [0.29, 0.717) is 19.5 Å². The number of carbonyl (C=O) groups is 2. The average Bonchev–Trinajstić information content (AvgIpc) is 3.47. The van der Waals surface area contributed by atoms with Gasteiger partial charge in [-0.1, -0.05) is 97.1 Å². The lowest BCUT2D eigenvalue weighted by atomic mass is 10.0. The largest absolute Gasteiger partial charge is 0.446 e. The van der Waals surface area contributed by atoms with E-state index >= 15 is 0 Å². The predicted molar refractivity (Wildman–Crippen MR) is 172 cm³/mol. The van der Waals surface area contributed by atoms with Crippen LogP contribution in [-0.4, -0.2) is 35.9 Å². The van der Waals surface area contributed by atoms with Crippen LogP contribution in [0.1, 0.15) is 35.1 Å². The quantitative estimate of drug-likeness (QED) is 0.155. The topological polar surface area (TPSA) is 72.4 Å². The van der Waals surface area contributed by atoms with Gasteiger partial charge in [-0.3, -0.25) is 4.57 Å². The normalized spacial score (nSPS) is 11.6. The van der Waals surface area contributed by atoms with Crippen molar-refractivity contribution >= 4 is 23.0 Å². The first kappa shape index (κ1) is 29.6. The Labute approximate surface area is 253 Å². The second-order valence-corrected chi connectivity index (χ2v) is 10.8. The molecule has 0 saturated heterocycles. The van der Waals surface area contributed by atoms with E-state index in [0.717, 1.165) is 48.6 Å². The molecule has 0 aliphatic rings. The van der Waals surface area contributed by atoms with Gasteiger partial charge in [0.1, 0.15) is 6.10 Å². The van der Waals surface area contributed by atoms with Crippen molar-refractivity contribution in [3.05, 3.63) is 144 Å². The Kier molecular flexibility index (Phi) is 10.6. The molecule has 1 aromatic heterocycles. The molecule has 0 aliphatic heterocycles. The molecule has 4 aromatic carbocycles. The van der Waals surface area contributed by atoms with Crippen LogP contribution >= 0.6 is 0 Å². The first-order chi connectivity index (χ1) is 21.1. The Morgan fingerprint density at radius 2 is 1.14 bits per heavy atom. The Morgan fingerprint density at radius 1 is 0.605 bits per heavy atom. The fraction of sp³-hybridized carbons (Fsp3) is 0.243. The Hall–Kier alpha value is -4.84. The molecule has 5 rings (SSSR count). The average molecular weight is 574 g/mol. The highest BCUT2D eigenvalue weighted by molar-refractivity contribution is 5.91. The van der Waals surface area contributed by atoms with E-state index in [2.05, 4.69) is 59.2 Å². The zero-order valence-electron chi connectivity index (χ0n) is 24.5. The summed E-state index contributed by atoms with van der Waals surface area (Å²) in [4.78, 5) is 25.5. The van der Waals surface area contributed by atoms with Crippen molar-refractivity contribution in [3.8, 4) is 0 Å². The van der Waals surface area contributed by atoms with E-state index in [1.165, 1.54) is 16.7 Å². The number of aromatic nitrogens is 1. The highest BCUT2D eigenvalue weighted by Crippen LogP contribution is 2.20. The Bertz CT molecular complexity index is 1580. The van der Waals surface area contributed by atoms with E-state index < -0.39 is 0 Å². The van der Waals surface area contributed by atoms with Gasteiger partial charge in [-0.15, -0.1) is 0 Å².